The molecule has 0 saturated heterocycles. The Kier molecular flexibility index (Phi) is 5.88. The van der Waals surface area contributed by atoms with Gasteiger partial charge in [0.15, 0.2) is 5.11 Å². The maximum absolute atomic E-state index is 6.44. The highest BCUT2D eigenvalue weighted by molar-refractivity contribution is 7.80. The number of H-pyrrole nitrogens is 1. The van der Waals surface area contributed by atoms with Crippen molar-refractivity contribution in [2.75, 3.05) is 5.32 Å². The van der Waals surface area contributed by atoms with E-state index in [0.29, 0.717) is 11.1 Å². The number of hydrogen-bond donors (Lipinski definition) is 2. The quantitative estimate of drug-likeness (QED) is 0.470. The molecule has 0 radical (unpaired) electrons. The lowest BCUT2D eigenvalue weighted by molar-refractivity contribution is 0.241. The zero-order valence-electron chi connectivity index (χ0n) is 16.2. The second kappa shape index (κ2) is 8.54. The summed E-state index contributed by atoms with van der Waals surface area (Å²) < 4.78 is 0. The number of nitrogens with zero attached hydrogens (tertiary/aromatic N) is 1. The SMILES string of the molecule is Cc1ccc(NC(=S)N(Cc2c[nH]c3ccccc23)C2CCCCC2)c(Cl)c1. The number of hydrogen-bond acceptors (Lipinski definition) is 1. The zero-order valence-corrected chi connectivity index (χ0v) is 17.7. The number of aromatic nitrogens is 1. The Balaban J connectivity index is 1.60. The van der Waals surface area contributed by atoms with Crippen molar-refractivity contribution in [3.05, 3.63) is 64.8 Å². The Bertz CT molecular complexity index is 975. The minimum atomic E-state index is 0.464. The van der Waals surface area contributed by atoms with Crippen molar-refractivity contribution in [2.24, 2.45) is 0 Å². The fourth-order valence-corrected chi connectivity index (χ4v) is 4.72. The number of rotatable bonds is 4. The first-order valence-corrected chi connectivity index (χ1v) is 10.8. The molecule has 1 aliphatic rings. The van der Waals surface area contributed by atoms with Gasteiger partial charge in [0.2, 0.25) is 0 Å². The van der Waals surface area contributed by atoms with E-state index < -0.39 is 0 Å². The van der Waals surface area contributed by atoms with Crippen LogP contribution in [0.1, 0.15) is 43.2 Å². The molecule has 0 bridgehead atoms. The molecule has 146 valence electrons. The summed E-state index contributed by atoms with van der Waals surface area (Å²) in [5.74, 6) is 0. The molecule has 3 nitrogen and oxygen atoms in total. The number of nitrogens with one attached hydrogen (secondary N) is 2. The van der Waals surface area contributed by atoms with Crippen LogP contribution in [0.4, 0.5) is 5.69 Å². The van der Waals surface area contributed by atoms with Crippen molar-refractivity contribution < 1.29 is 0 Å². The average molecular weight is 412 g/mol. The molecule has 0 amide bonds. The van der Waals surface area contributed by atoms with Gasteiger partial charge in [0.25, 0.3) is 0 Å². The zero-order chi connectivity index (χ0) is 19.5. The second-order valence-corrected chi connectivity index (χ2v) is 8.49. The van der Waals surface area contributed by atoms with E-state index in [9.17, 15) is 0 Å². The van der Waals surface area contributed by atoms with Crippen molar-refractivity contribution in [1.29, 1.82) is 0 Å². The Morgan fingerprint density at radius 3 is 2.75 bits per heavy atom. The summed E-state index contributed by atoms with van der Waals surface area (Å²) in [6.07, 6.45) is 8.34. The lowest BCUT2D eigenvalue weighted by Gasteiger charge is -2.36. The van der Waals surface area contributed by atoms with E-state index in [0.717, 1.165) is 22.9 Å². The van der Waals surface area contributed by atoms with Gasteiger partial charge in [-0.3, -0.25) is 0 Å². The molecule has 3 aromatic rings. The topological polar surface area (TPSA) is 31.1 Å². The van der Waals surface area contributed by atoms with Crippen molar-refractivity contribution in [3.8, 4) is 0 Å². The van der Waals surface area contributed by atoms with Gasteiger partial charge in [-0.05, 0) is 61.3 Å². The Morgan fingerprint density at radius 2 is 1.96 bits per heavy atom. The van der Waals surface area contributed by atoms with E-state index in [1.54, 1.807) is 0 Å². The predicted octanol–water partition coefficient (Wildman–Crippen LogP) is 6.66. The van der Waals surface area contributed by atoms with Gasteiger partial charge < -0.3 is 15.2 Å². The van der Waals surface area contributed by atoms with Crippen molar-refractivity contribution in [2.45, 2.75) is 51.6 Å². The van der Waals surface area contributed by atoms with Crippen LogP contribution in [0.25, 0.3) is 10.9 Å². The van der Waals surface area contributed by atoms with Crippen LogP contribution in [-0.4, -0.2) is 21.0 Å². The third kappa shape index (κ3) is 4.18. The molecule has 2 aromatic carbocycles. The molecule has 1 saturated carbocycles. The third-order valence-corrected chi connectivity index (χ3v) is 6.31. The summed E-state index contributed by atoms with van der Waals surface area (Å²) in [5.41, 5.74) is 4.46. The number of fused-ring (bicyclic) bond motifs is 1. The molecule has 1 aromatic heterocycles. The Labute approximate surface area is 177 Å². The van der Waals surface area contributed by atoms with Crippen LogP contribution >= 0.6 is 23.8 Å². The summed E-state index contributed by atoms with van der Waals surface area (Å²) in [4.78, 5) is 5.75. The van der Waals surface area contributed by atoms with Crippen molar-refractivity contribution >= 4 is 45.5 Å². The molecule has 4 rings (SSSR count). The van der Waals surface area contributed by atoms with Gasteiger partial charge in [0.05, 0.1) is 10.7 Å². The van der Waals surface area contributed by atoms with Gasteiger partial charge in [-0.1, -0.05) is 55.1 Å². The lowest BCUT2D eigenvalue weighted by Crippen LogP contribution is -2.43. The van der Waals surface area contributed by atoms with E-state index in [1.165, 1.54) is 48.6 Å². The van der Waals surface area contributed by atoms with Crippen LogP contribution < -0.4 is 5.32 Å². The van der Waals surface area contributed by atoms with Gasteiger partial charge in [-0.25, -0.2) is 0 Å². The standard InChI is InChI=1S/C23H26ClN3S/c1-16-11-12-22(20(24)13-16)26-23(28)27(18-7-3-2-4-8-18)15-17-14-25-21-10-6-5-9-19(17)21/h5-6,9-14,18,25H,2-4,7-8,15H2,1H3,(H,26,28). The van der Waals surface area contributed by atoms with Gasteiger partial charge in [-0.2, -0.15) is 0 Å². The monoisotopic (exact) mass is 411 g/mol. The van der Waals surface area contributed by atoms with E-state index in [2.05, 4.69) is 51.7 Å². The molecule has 2 N–H and O–H groups in total. The first-order chi connectivity index (χ1) is 13.6. The summed E-state index contributed by atoms with van der Waals surface area (Å²) in [7, 11) is 0. The first kappa shape index (κ1) is 19.3. The van der Waals surface area contributed by atoms with E-state index in [4.69, 9.17) is 23.8 Å². The maximum atomic E-state index is 6.44. The normalized spacial score (nSPS) is 14.9. The van der Waals surface area contributed by atoms with Gasteiger partial charge >= 0.3 is 0 Å². The Hall–Kier alpha value is -2.04. The highest BCUT2D eigenvalue weighted by Crippen LogP contribution is 2.29. The molecule has 0 unspecified atom stereocenters. The third-order valence-electron chi connectivity index (χ3n) is 5.66. The minimum absolute atomic E-state index is 0.464. The largest absolute Gasteiger partial charge is 0.361 e. The van der Waals surface area contributed by atoms with Gasteiger partial charge in [-0.15, -0.1) is 0 Å². The van der Waals surface area contributed by atoms with Crippen LogP contribution in [0.15, 0.2) is 48.7 Å². The molecule has 0 aliphatic heterocycles. The highest BCUT2D eigenvalue weighted by atomic mass is 35.5. The summed E-state index contributed by atoms with van der Waals surface area (Å²) in [6, 6.07) is 14.9. The first-order valence-electron chi connectivity index (χ1n) is 10.0. The Morgan fingerprint density at radius 1 is 1.18 bits per heavy atom. The lowest BCUT2D eigenvalue weighted by atomic mass is 9.94. The molecule has 1 heterocycles. The summed E-state index contributed by atoms with van der Waals surface area (Å²) in [6.45, 7) is 2.84. The van der Waals surface area contributed by atoms with Gasteiger partial charge in [0, 0.05) is 29.7 Å². The van der Waals surface area contributed by atoms with Crippen molar-refractivity contribution in [3.63, 3.8) is 0 Å². The minimum Gasteiger partial charge on any atom is -0.361 e. The molecule has 0 spiro atoms. The van der Waals surface area contributed by atoms with Crippen LogP contribution in [-0.2, 0) is 6.54 Å². The number of halogens is 1. The fraction of sp³-hybridized carbons (Fsp3) is 0.348. The number of benzene rings is 2. The highest BCUT2D eigenvalue weighted by Gasteiger charge is 2.24. The molecule has 1 fully saturated rings. The number of thiocarbonyl (C=S) groups is 1. The van der Waals surface area contributed by atoms with Crippen LogP contribution in [0.2, 0.25) is 5.02 Å². The second-order valence-electron chi connectivity index (χ2n) is 7.69. The number of aryl methyl sites for hydroxylation is 1. The molecular formula is C23H26ClN3S. The molecule has 0 atom stereocenters. The van der Waals surface area contributed by atoms with E-state index in [1.807, 2.05) is 19.1 Å². The average Bonchev–Trinajstić information content (AvgIpc) is 3.12. The van der Waals surface area contributed by atoms with Gasteiger partial charge in [0.1, 0.15) is 0 Å². The molecule has 28 heavy (non-hydrogen) atoms. The van der Waals surface area contributed by atoms with Crippen LogP contribution in [0, 0.1) is 6.92 Å². The number of anilines is 1. The molecular weight excluding hydrogens is 386 g/mol. The van der Waals surface area contributed by atoms with E-state index >= 15 is 0 Å². The number of aromatic amines is 1. The maximum Gasteiger partial charge on any atom is 0.174 e. The van der Waals surface area contributed by atoms with Crippen LogP contribution in [0.3, 0.4) is 0 Å². The molecule has 5 heteroatoms. The van der Waals surface area contributed by atoms with Crippen LogP contribution in [0.5, 0.6) is 0 Å². The summed E-state index contributed by atoms with van der Waals surface area (Å²) >= 11 is 12.3. The van der Waals surface area contributed by atoms with Crippen molar-refractivity contribution in [1.82, 2.24) is 9.88 Å². The number of para-hydroxylation sites is 1. The predicted molar refractivity (Wildman–Crippen MR) is 123 cm³/mol. The van der Waals surface area contributed by atoms with E-state index in [-0.39, 0.29) is 0 Å². The smallest absolute Gasteiger partial charge is 0.174 e. The summed E-state index contributed by atoms with van der Waals surface area (Å²) in [5, 5.41) is 6.13. The molecule has 1 aliphatic carbocycles. The fourth-order valence-electron chi connectivity index (χ4n) is 4.11.